The highest BCUT2D eigenvalue weighted by Gasteiger charge is 2.27. The predicted octanol–water partition coefficient (Wildman–Crippen LogP) is 2.84. The molecule has 0 aliphatic heterocycles. The van der Waals surface area contributed by atoms with Gasteiger partial charge in [-0.15, -0.1) is 0 Å². The largest absolute Gasteiger partial charge is 0.399 e. The van der Waals surface area contributed by atoms with Gasteiger partial charge in [0.15, 0.2) is 0 Å². The Morgan fingerprint density at radius 2 is 2.00 bits per heavy atom. The zero-order chi connectivity index (χ0) is 13.2. The highest BCUT2D eigenvalue weighted by Crippen LogP contribution is 2.21. The van der Waals surface area contributed by atoms with Crippen LogP contribution in [0, 0.1) is 6.92 Å². The summed E-state index contributed by atoms with van der Waals surface area (Å²) in [6.45, 7) is 8.13. The summed E-state index contributed by atoms with van der Waals surface area (Å²) in [6.07, 6.45) is 0.920. The second-order valence-electron chi connectivity index (χ2n) is 5.10. The van der Waals surface area contributed by atoms with Gasteiger partial charge in [0.25, 0.3) is 5.91 Å². The maximum atomic E-state index is 12.4. The Bertz CT molecular complexity index is 424. The normalized spacial score (nSPS) is 11.4. The molecule has 1 aromatic carbocycles. The van der Waals surface area contributed by atoms with Crippen LogP contribution in [0.2, 0.25) is 0 Å². The summed E-state index contributed by atoms with van der Waals surface area (Å²) in [5.41, 5.74) is 7.90. The van der Waals surface area contributed by atoms with Gasteiger partial charge in [-0.2, -0.15) is 0 Å². The molecule has 0 saturated carbocycles. The van der Waals surface area contributed by atoms with E-state index >= 15 is 0 Å². The fraction of sp³-hybridized carbons (Fsp3) is 0.500. The number of hydrogen-bond donors (Lipinski definition) is 1. The smallest absolute Gasteiger partial charge is 0.254 e. The third kappa shape index (κ3) is 2.78. The first-order chi connectivity index (χ1) is 7.79. The lowest BCUT2D eigenvalue weighted by atomic mass is 9.97. The van der Waals surface area contributed by atoms with E-state index in [1.165, 1.54) is 0 Å². The zero-order valence-corrected chi connectivity index (χ0v) is 11.4. The molecule has 0 radical (unpaired) electrons. The Labute approximate surface area is 104 Å². The van der Waals surface area contributed by atoms with E-state index in [-0.39, 0.29) is 11.4 Å². The first-order valence-corrected chi connectivity index (χ1v) is 5.94. The molecule has 0 atom stereocenters. The van der Waals surface area contributed by atoms with Crippen molar-refractivity contribution >= 4 is 11.6 Å². The summed E-state index contributed by atoms with van der Waals surface area (Å²) < 4.78 is 0. The molecule has 2 N–H and O–H groups in total. The van der Waals surface area contributed by atoms with Crippen LogP contribution >= 0.6 is 0 Å². The van der Waals surface area contributed by atoms with Gasteiger partial charge in [0, 0.05) is 23.8 Å². The topological polar surface area (TPSA) is 46.3 Å². The number of carbonyl (C=O) groups is 1. The molecular weight excluding hydrogens is 212 g/mol. The summed E-state index contributed by atoms with van der Waals surface area (Å²) >= 11 is 0. The van der Waals surface area contributed by atoms with Crippen molar-refractivity contribution in [3.05, 3.63) is 29.3 Å². The van der Waals surface area contributed by atoms with Crippen LogP contribution in [-0.2, 0) is 0 Å². The average molecular weight is 234 g/mol. The first-order valence-electron chi connectivity index (χ1n) is 5.94. The summed E-state index contributed by atoms with van der Waals surface area (Å²) in [7, 11) is 1.85. The zero-order valence-electron chi connectivity index (χ0n) is 11.4. The molecule has 0 unspecified atom stereocenters. The molecule has 0 fully saturated rings. The standard InChI is InChI=1S/C14H22N2O/c1-6-14(3,4)16(5)13(17)12-8-7-11(15)9-10(12)2/h7-9H,6,15H2,1-5H3. The molecule has 1 amide bonds. The van der Waals surface area contributed by atoms with Gasteiger partial charge in [0.05, 0.1) is 0 Å². The van der Waals surface area contributed by atoms with E-state index in [1.807, 2.05) is 20.0 Å². The number of hydrogen-bond acceptors (Lipinski definition) is 2. The van der Waals surface area contributed by atoms with Crippen molar-refractivity contribution < 1.29 is 4.79 Å². The summed E-state index contributed by atoms with van der Waals surface area (Å²) in [6, 6.07) is 5.41. The molecule has 0 bridgehead atoms. The Morgan fingerprint density at radius 1 is 1.41 bits per heavy atom. The van der Waals surface area contributed by atoms with Gasteiger partial charge >= 0.3 is 0 Å². The van der Waals surface area contributed by atoms with E-state index in [1.54, 1.807) is 17.0 Å². The minimum Gasteiger partial charge on any atom is -0.399 e. The monoisotopic (exact) mass is 234 g/mol. The van der Waals surface area contributed by atoms with E-state index < -0.39 is 0 Å². The van der Waals surface area contributed by atoms with E-state index in [0.29, 0.717) is 5.69 Å². The van der Waals surface area contributed by atoms with Crippen LogP contribution < -0.4 is 5.73 Å². The Balaban J connectivity index is 3.05. The number of aryl methyl sites for hydroxylation is 1. The number of nitrogen functional groups attached to an aromatic ring is 1. The van der Waals surface area contributed by atoms with Crippen LogP contribution in [0.4, 0.5) is 5.69 Å². The van der Waals surface area contributed by atoms with Crippen molar-refractivity contribution in [2.24, 2.45) is 0 Å². The Morgan fingerprint density at radius 3 is 2.47 bits per heavy atom. The van der Waals surface area contributed by atoms with Crippen molar-refractivity contribution in [3.63, 3.8) is 0 Å². The van der Waals surface area contributed by atoms with Crippen molar-refractivity contribution in [2.45, 2.75) is 39.7 Å². The lowest BCUT2D eigenvalue weighted by Gasteiger charge is -2.35. The molecule has 0 aliphatic rings. The lowest BCUT2D eigenvalue weighted by Crippen LogP contribution is -2.44. The van der Waals surface area contributed by atoms with Crippen molar-refractivity contribution in [3.8, 4) is 0 Å². The molecule has 0 spiro atoms. The number of benzene rings is 1. The third-order valence-corrected chi connectivity index (χ3v) is 3.56. The highest BCUT2D eigenvalue weighted by molar-refractivity contribution is 5.96. The SMILES string of the molecule is CCC(C)(C)N(C)C(=O)c1ccc(N)cc1C. The molecule has 3 nitrogen and oxygen atoms in total. The highest BCUT2D eigenvalue weighted by atomic mass is 16.2. The van der Waals surface area contributed by atoms with Gasteiger partial charge in [-0.3, -0.25) is 4.79 Å². The number of carbonyl (C=O) groups excluding carboxylic acids is 1. The molecule has 17 heavy (non-hydrogen) atoms. The maximum absolute atomic E-state index is 12.4. The molecule has 0 heterocycles. The van der Waals surface area contributed by atoms with Crippen molar-refractivity contribution in [2.75, 3.05) is 12.8 Å². The number of nitrogens with zero attached hydrogens (tertiary/aromatic N) is 1. The predicted molar refractivity (Wildman–Crippen MR) is 72.1 cm³/mol. The summed E-state index contributed by atoms with van der Waals surface area (Å²) in [4.78, 5) is 14.2. The van der Waals surface area contributed by atoms with Gasteiger partial charge in [-0.1, -0.05) is 6.92 Å². The molecule has 94 valence electrons. The van der Waals surface area contributed by atoms with Gasteiger partial charge < -0.3 is 10.6 Å². The molecule has 1 aromatic rings. The van der Waals surface area contributed by atoms with E-state index in [2.05, 4.69) is 20.8 Å². The third-order valence-electron chi connectivity index (χ3n) is 3.56. The quantitative estimate of drug-likeness (QED) is 0.817. The summed E-state index contributed by atoms with van der Waals surface area (Å²) in [5.74, 6) is 0.0503. The van der Waals surface area contributed by atoms with Crippen LogP contribution in [0.1, 0.15) is 43.1 Å². The van der Waals surface area contributed by atoms with Crippen LogP contribution in [0.3, 0.4) is 0 Å². The summed E-state index contributed by atoms with van der Waals surface area (Å²) in [5, 5.41) is 0. The van der Waals surface area contributed by atoms with Gasteiger partial charge in [0.1, 0.15) is 0 Å². The van der Waals surface area contributed by atoms with Gasteiger partial charge in [-0.25, -0.2) is 0 Å². The molecule has 0 aromatic heterocycles. The van der Waals surface area contributed by atoms with E-state index in [0.717, 1.165) is 17.5 Å². The van der Waals surface area contributed by atoms with Crippen molar-refractivity contribution in [1.82, 2.24) is 4.90 Å². The second-order valence-corrected chi connectivity index (χ2v) is 5.10. The maximum Gasteiger partial charge on any atom is 0.254 e. The molecule has 0 saturated heterocycles. The lowest BCUT2D eigenvalue weighted by molar-refractivity contribution is 0.0619. The first kappa shape index (κ1) is 13.6. The number of rotatable bonds is 3. The minimum atomic E-state index is -0.134. The van der Waals surface area contributed by atoms with E-state index in [9.17, 15) is 4.79 Å². The van der Waals surface area contributed by atoms with Crippen LogP contribution in [0.15, 0.2) is 18.2 Å². The minimum absolute atomic E-state index is 0.0503. The van der Waals surface area contributed by atoms with Crippen molar-refractivity contribution in [1.29, 1.82) is 0 Å². The average Bonchev–Trinajstić information content (AvgIpc) is 2.27. The van der Waals surface area contributed by atoms with Crippen LogP contribution in [0.5, 0.6) is 0 Å². The molecule has 0 aliphatic carbocycles. The van der Waals surface area contributed by atoms with Gasteiger partial charge in [0.2, 0.25) is 0 Å². The molecule has 3 heteroatoms. The number of nitrogens with two attached hydrogens (primary N) is 1. The van der Waals surface area contributed by atoms with E-state index in [4.69, 9.17) is 5.73 Å². The second kappa shape index (κ2) is 4.78. The fourth-order valence-corrected chi connectivity index (χ4v) is 1.62. The molecule has 1 rings (SSSR count). The Kier molecular flexibility index (Phi) is 3.81. The fourth-order valence-electron chi connectivity index (χ4n) is 1.62. The van der Waals surface area contributed by atoms with Crippen LogP contribution in [0.25, 0.3) is 0 Å². The number of anilines is 1. The Hall–Kier alpha value is -1.51. The molecular formula is C14H22N2O. The van der Waals surface area contributed by atoms with Crippen LogP contribution in [-0.4, -0.2) is 23.4 Å². The number of amides is 1. The van der Waals surface area contributed by atoms with Gasteiger partial charge in [-0.05, 0) is 51.0 Å².